The number of aromatic nitrogens is 3. The molecule has 0 saturated carbocycles. The van der Waals surface area contributed by atoms with Gasteiger partial charge >= 0.3 is 0 Å². The topological polar surface area (TPSA) is 42.2 Å². The van der Waals surface area contributed by atoms with Gasteiger partial charge in [-0.25, -0.2) is 9.50 Å². The van der Waals surface area contributed by atoms with Crippen molar-refractivity contribution >= 4 is 11.3 Å². The highest BCUT2D eigenvalue weighted by Gasteiger charge is 2.13. The molecule has 2 aromatic carbocycles. The van der Waals surface area contributed by atoms with Gasteiger partial charge in [-0.05, 0) is 17.2 Å². The fourth-order valence-electron chi connectivity index (χ4n) is 2.98. The third-order valence-electron chi connectivity index (χ3n) is 4.26. The van der Waals surface area contributed by atoms with Gasteiger partial charge in [-0.3, -0.25) is 0 Å². The summed E-state index contributed by atoms with van der Waals surface area (Å²) in [5.41, 5.74) is 4.55. The zero-order valence-corrected chi connectivity index (χ0v) is 14.2. The van der Waals surface area contributed by atoms with E-state index in [0.717, 1.165) is 35.7 Å². The number of anilines is 1. The Kier molecular flexibility index (Phi) is 4.17. The molecule has 2 heterocycles. The van der Waals surface area contributed by atoms with Crippen molar-refractivity contribution < 1.29 is 0 Å². The first kappa shape index (κ1) is 15.4. The Hall–Kier alpha value is -3.14. The molecule has 0 bridgehead atoms. The summed E-state index contributed by atoms with van der Waals surface area (Å²) in [6.07, 6.45) is 2.81. The third kappa shape index (κ3) is 3.11. The number of nitrogens with one attached hydrogen (secondary N) is 1. The van der Waals surface area contributed by atoms with Crippen LogP contribution in [0.5, 0.6) is 0 Å². The van der Waals surface area contributed by atoms with Gasteiger partial charge in [-0.2, -0.15) is 5.10 Å². The molecule has 0 amide bonds. The number of nitrogens with zero attached hydrogens (tertiary/aromatic N) is 3. The van der Waals surface area contributed by atoms with Crippen molar-refractivity contribution in [3.05, 3.63) is 84.3 Å². The Labute approximate surface area is 147 Å². The van der Waals surface area contributed by atoms with Gasteiger partial charge in [0, 0.05) is 24.7 Å². The van der Waals surface area contributed by atoms with Crippen LogP contribution in [-0.4, -0.2) is 14.6 Å². The van der Waals surface area contributed by atoms with E-state index >= 15 is 0 Å². The normalized spacial score (nSPS) is 10.9. The van der Waals surface area contributed by atoms with Gasteiger partial charge in [0.25, 0.3) is 0 Å². The van der Waals surface area contributed by atoms with Gasteiger partial charge < -0.3 is 5.32 Å². The van der Waals surface area contributed by atoms with Crippen molar-refractivity contribution in [3.8, 4) is 11.1 Å². The van der Waals surface area contributed by atoms with Crippen molar-refractivity contribution in [1.82, 2.24) is 14.6 Å². The van der Waals surface area contributed by atoms with Gasteiger partial charge in [0.05, 0.1) is 0 Å². The average Bonchev–Trinajstić information content (AvgIpc) is 3.11. The molecule has 0 aliphatic rings. The highest BCUT2D eigenvalue weighted by Crippen LogP contribution is 2.29. The molecular weight excluding hydrogens is 308 g/mol. The second-order valence-corrected chi connectivity index (χ2v) is 5.96. The van der Waals surface area contributed by atoms with Crippen LogP contribution in [0.2, 0.25) is 0 Å². The second kappa shape index (κ2) is 6.77. The van der Waals surface area contributed by atoms with Crippen molar-refractivity contribution in [2.45, 2.75) is 19.9 Å². The van der Waals surface area contributed by atoms with E-state index in [2.05, 4.69) is 71.9 Å². The maximum atomic E-state index is 4.75. The van der Waals surface area contributed by atoms with Crippen molar-refractivity contribution in [3.63, 3.8) is 0 Å². The van der Waals surface area contributed by atoms with Crippen LogP contribution < -0.4 is 5.32 Å². The number of hydrogen-bond acceptors (Lipinski definition) is 3. The summed E-state index contributed by atoms with van der Waals surface area (Å²) in [5.74, 6) is 1.71. The average molecular weight is 328 g/mol. The minimum absolute atomic E-state index is 0.732. The number of rotatable bonds is 5. The Morgan fingerprint density at radius 1 is 0.920 bits per heavy atom. The fourth-order valence-corrected chi connectivity index (χ4v) is 2.98. The SMILES string of the molecule is CCc1nc(NCc2ccccc2)c2c(-c3ccccc3)ccn2n1. The maximum absolute atomic E-state index is 4.75. The molecule has 124 valence electrons. The lowest BCUT2D eigenvalue weighted by molar-refractivity contribution is 0.812. The molecule has 25 heavy (non-hydrogen) atoms. The van der Waals surface area contributed by atoms with Crippen LogP contribution in [0, 0.1) is 0 Å². The van der Waals surface area contributed by atoms with E-state index in [-0.39, 0.29) is 0 Å². The molecule has 0 spiro atoms. The molecule has 0 unspecified atom stereocenters. The van der Waals surface area contributed by atoms with Gasteiger partial charge in [0.15, 0.2) is 11.6 Å². The van der Waals surface area contributed by atoms with Crippen LogP contribution >= 0.6 is 0 Å². The van der Waals surface area contributed by atoms with Gasteiger partial charge in [0.1, 0.15) is 5.52 Å². The number of hydrogen-bond donors (Lipinski definition) is 1. The molecule has 2 aromatic heterocycles. The lowest BCUT2D eigenvalue weighted by Gasteiger charge is -2.11. The first-order valence-corrected chi connectivity index (χ1v) is 8.56. The van der Waals surface area contributed by atoms with E-state index in [9.17, 15) is 0 Å². The minimum atomic E-state index is 0.732. The van der Waals surface area contributed by atoms with Crippen LogP contribution in [0.25, 0.3) is 16.6 Å². The fraction of sp³-hybridized carbons (Fsp3) is 0.143. The first-order valence-electron chi connectivity index (χ1n) is 8.56. The summed E-state index contributed by atoms with van der Waals surface area (Å²) >= 11 is 0. The molecule has 0 radical (unpaired) electrons. The molecule has 0 aliphatic carbocycles. The first-order chi connectivity index (χ1) is 12.3. The largest absolute Gasteiger partial charge is 0.364 e. The highest BCUT2D eigenvalue weighted by molar-refractivity contribution is 5.88. The molecule has 4 nitrogen and oxygen atoms in total. The van der Waals surface area contributed by atoms with Crippen LogP contribution in [-0.2, 0) is 13.0 Å². The van der Waals surface area contributed by atoms with Crippen LogP contribution in [0.3, 0.4) is 0 Å². The Bertz CT molecular complexity index is 975. The predicted octanol–water partition coefficient (Wildman–Crippen LogP) is 4.57. The summed E-state index contributed by atoms with van der Waals surface area (Å²) in [4.78, 5) is 4.75. The molecular formula is C21H20N4. The Morgan fingerprint density at radius 2 is 1.64 bits per heavy atom. The number of fused-ring (bicyclic) bond motifs is 1. The van der Waals surface area contributed by atoms with E-state index < -0.39 is 0 Å². The lowest BCUT2D eigenvalue weighted by atomic mass is 10.1. The van der Waals surface area contributed by atoms with Crippen molar-refractivity contribution in [1.29, 1.82) is 0 Å². The minimum Gasteiger partial charge on any atom is -0.364 e. The maximum Gasteiger partial charge on any atom is 0.155 e. The summed E-state index contributed by atoms with van der Waals surface area (Å²) in [5, 5.41) is 8.12. The van der Waals surface area contributed by atoms with E-state index in [1.54, 1.807) is 0 Å². The zero-order valence-electron chi connectivity index (χ0n) is 14.2. The van der Waals surface area contributed by atoms with Crippen LogP contribution in [0.4, 0.5) is 5.82 Å². The van der Waals surface area contributed by atoms with Gasteiger partial charge in [-0.15, -0.1) is 0 Å². The van der Waals surface area contributed by atoms with Gasteiger partial charge in [0.2, 0.25) is 0 Å². The molecule has 0 aliphatic heterocycles. The Balaban J connectivity index is 1.79. The number of aryl methyl sites for hydroxylation is 1. The zero-order chi connectivity index (χ0) is 17.1. The summed E-state index contributed by atoms with van der Waals surface area (Å²) in [6, 6.07) is 22.8. The predicted molar refractivity (Wildman–Crippen MR) is 102 cm³/mol. The molecule has 4 aromatic rings. The molecule has 0 saturated heterocycles. The summed E-state index contributed by atoms with van der Waals surface area (Å²) in [6.45, 7) is 2.81. The molecule has 0 atom stereocenters. The summed E-state index contributed by atoms with van der Waals surface area (Å²) < 4.78 is 1.93. The molecule has 4 heteroatoms. The molecule has 1 N–H and O–H groups in total. The Morgan fingerprint density at radius 3 is 2.36 bits per heavy atom. The van der Waals surface area contributed by atoms with E-state index in [4.69, 9.17) is 4.98 Å². The van der Waals surface area contributed by atoms with E-state index in [1.807, 2.05) is 22.8 Å². The van der Waals surface area contributed by atoms with Gasteiger partial charge in [-0.1, -0.05) is 67.6 Å². The highest BCUT2D eigenvalue weighted by atomic mass is 15.3. The van der Waals surface area contributed by atoms with Crippen LogP contribution in [0.15, 0.2) is 72.9 Å². The van der Waals surface area contributed by atoms with E-state index in [1.165, 1.54) is 11.1 Å². The second-order valence-electron chi connectivity index (χ2n) is 5.96. The quantitative estimate of drug-likeness (QED) is 0.583. The monoisotopic (exact) mass is 328 g/mol. The lowest BCUT2D eigenvalue weighted by Crippen LogP contribution is -2.08. The smallest absolute Gasteiger partial charge is 0.155 e. The summed E-state index contributed by atoms with van der Waals surface area (Å²) in [7, 11) is 0. The third-order valence-corrected chi connectivity index (χ3v) is 4.26. The van der Waals surface area contributed by atoms with Crippen molar-refractivity contribution in [2.75, 3.05) is 5.32 Å². The standard InChI is InChI=1S/C21H20N4/c1-2-19-23-21(22-15-16-9-5-3-6-10-16)20-18(13-14-25(20)24-19)17-11-7-4-8-12-17/h3-14H,2,15H2,1H3,(H,22,23,24). The van der Waals surface area contributed by atoms with Crippen molar-refractivity contribution in [2.24, 2.45) is 0 Å². The number of benzene rings is 2. The molecule has 0 fully saturated rings. The molecule has 4 rings (SSSR count). The van der Waals surface area contributed by atoms with E-state index in [0.29, 0.717) is 0 Å². The van der Waals surface area contributed by atoms with Crippen LogP contribution in [0.1, 0.15) is 18.3 Å².